The van der Waals surface area contributed by atoms with Crippen LogP contribution in [0.2, 0.25) is 0 Å². The van der Waals surface area contributed by atoms with Crippen LogP contribution in [-0.4, -0.2) is 18.8 Å². The molecule has 0 saturated carbocycles. The van der Waals surface area contributed by atoms with Crippen molar-refractivity contribution in [3.05, 3.63) is 71.0 Å². The van der Waals surface area contributed by atoms with Crippen LogP contribution in [0.25, 0.3) is 0 Å². The molecule has 0 heterocycles. The van der Waals surface area contributed by atoms with Gasteiger partial charge in [-0.25, -0.2) is 9.18 Å². The molecular formula is C18H18F4N2O. The van der Waals surface area contributed by atoms with Gasteiger partial charge in [0.25, 0.3) is 0 Å². The predicted octanol–water partition coefficient (Wildman–Crippen LogP) is 4.28. The monoisotopic (exact) mass is 354 g/mol. The molecule has 2 N–H and O–H groups in total. The summed E-state index contributed by atoms with van der Waals surface area (Å²) < 4.78 is 52.4. The Kier molecular flexibility index (Phi) is 6.01. The summed E-state index contributed by atoms with van der Waals surface area (Å²) in [5.41, 5.74) is 1.56. The quantitative estimate of drug-likeness (QED) is 0.773. The minimum atomic E-state index is -4.61. The highest BCUT2D eigenvalue weighted by molar-refractivity contribution is 5.74. The molecule has 134 valence electrons. The van der Waals surface area contributed by atoms with Gasteiger partial charge in [0.1, 0.15) is 5.82 Å². The first-order chi connectivity index (χ1) is 11.8. The first-order valence-electron chi connectivity index (χ1n) is 7.68. The molecule has 1 atom stereocenters. The molecule has 3 nitrogen and oxygen atoms in total. The SMILES string of the molecule is Cc1ccc([C@@H](NC(=O)NCCc2ccc(F)cc2)C(F)(F)F)cc1. The van der Waals surface area contributed by atoms with Gasteiger partial charge in [0, 0.05) is 6.54 Å². The highest BCUT2D eigenvalue weighted by Crippen LogP contribution is 2.32. The maximum Gasteiger partial charge on any atom is 0.412 e. The summed E-state index contributed by atoms with van der Waals surface area (Å²) in [5, 5.41) is 4.34. The minimum Gasteiger partial charge on any atom is -0.338 e. The number of halogens is 4. The fourth-order valence-electron chi connectivity index (χ4n) is 2.27. The molecule has 0 radical (unpaired) electrons. The molecule has 0 aromatic heterocycles. The Labute approximate surface area is 143 Å². The van der Waals surface area contributed by atoms with Crippen molar-refractivity contribution in [3.8, 4) is 0 Å². The van der Waals surface area contributed by atoms with Gasteiger partial charge in [-0.15, -0.1) is 0 Å². The van der Waals surface area contributed by atoms with Crippen LogP contribution in [0.4, 0.5) is 22.4 Å². The number of hydrogen-bond donors (Lipinski definition) is 2. The van der Waals surface area contributed by atoms with Gasteiger partial charge in [-0.2, -0.15) is 13.2 Å². The average molecular weight is 354 g/mol. The molecule has 0 unspecified atom stereocenters. The molecule has 0 aliphatic heterocycles. The maximum atomic E-state index is 13.2. The highest BCUT2D eigenvalue weighted by atomic mass is 19.4. The number of alkyl halides is 3. The van der Waals surface area contributed by atoms with Crippen LogP contribution < -0.4 is 10.6 Å². The fourth-order valence-corrected chi connectivity index (χ4v) is 2.27. The molecule has 0 bridgehead atoms. The summed E-state index contributed by atoms with van der Waals surface area (Å²) in [4.78, 5) is 11.8. The second kappa shape index (κ2) is 8.00. The second-order valence-electron chi connectivity index (χ2n) is 5.66. The zero-order valence-corrected chi connectivity index (χ0v) is 13.5. The van der Waals surface area contributed by atoms with E-state index in [2.05, 4.69) is 5.32 Å². The zero-order chi connectivity index (χ0) is 18.4. The van der Waals surface area contributed by atoms with Crippen LogP contribution in [0.5, 0.6) is 0 Å². The van der Waals surface area contributed by atoms with Crippen molar-refractivity contribution in [2.24, 2.45) is 0 Å². The Balaban J connectivity index is 1.93. The molecule has 7 heteroatoms. The highest BCUT2D eigenvalue weighted by Gasteiger charge is 2.41. The van der Waals surface area contributed by atoms with Crippen molar-refractivity contribution >= 4 is 6.03 Å². The largest absolute Gasteiger partial charge is 0.412 e. The molecule has 0 aliphatic carbocycles. The number of aryl methyl sites for hydroxylation is 1. The first kappa shape index (κ1) is 18.8. The van der Waals surface area contributed by atoms with Gasteiger partial charge >= 0.3 is 12.2 Å². The number of benzene rings is 2. The van der Waals surface area contributed by atoms with E-state index in [9.17, 15) is 22.4 Å². The van der Waals surface area contributed by atoms with Crippen LogP contribution in [0, 0.1) is 12.7 Å². The van der Waals surface area contributed by atoms with Crippen molar-refractivity contribution in [3.63, 3.8) is 0 Å². The predicted molar refractivity (Wildman–Crippen MR) is 86.6 cm³/mol. The van der Waals surface area contributed by atoms with Crippen molar-refractivity contribution in [1.29, 1.82) is 0 Å². The smallest absolute Gasteiger partial charge is 0.338 e. The van der Waals surface area contributed by atoms with E-state index < -0.39 is 18.2 Å². The standard InChI is InChI=1S/C18H18F4N2O/c1-12-2-6-14(7-3-12)16(18(20,21)22)24-17(25)23-11-10-13-4-8-15(19)9-5-13/h2-9,16H,10-11H2,1H3,(H2,23,24,25)/t16-/m1/s1. The molecule has 0 aliphatic rings. The lowest BCUT2D eigenvalue weighted by Crippen LogP contribution is -2.44. The number of carbonyl (C=O) groups excluding carboxylic acids is 1. The van der Waals surface area contributed by atoms with Gasteiger partial charge in [0.2, 0.25) is 0 Å². The lowest BCUT2D eigenvalue weighted by molar-refractivity contribution is -0.154. The Hall–Kier alpha value is -2.57. The molecule has 2 amide bonds. The van der Waals surface area contributed by atoms with Gasteiger partial charge in [0.05, 0.1) is 0 Å². The number of carbonyl (C=O) groups is 1. The average Bonchev–Trinajstić information content (AvgIpc) is 2.54. The lowest BCUT2D eigenvalue weighted by atomic mass is 10.0. The van der Waals surface area contributed by atoms with Crippen LogP contribution in [0.3, 0.4) is 0 Å². The van der Waals surface area contributed by atoms with Crippen molar-refractivity contribution in [2.75, 3.05) is 6.54 Å². The Bertz CT molecular complexity index is 697. The molecule has 2 aromatic rings. The number of amides is 2. The van der Waals surface area contributed by atoms with E-state index in [0.717, 1.165) is 11.1 Å². The van der Waals surface area contributed by atoms with Crippen molar-refractivity contribution in [1.82, 2.24) is 10.6 Å². The molecular weight excluding hydrogens is 336 g/mol. The zero-order valence-electron chi connectivity index (χ0n) is 13.5. The molecule has 0 saturated heterocycles. The molecule has 25 heavy (non-hydrogen) atoms. The number of nitrogens with one attached hydrogen (secondary N) is 2. The van der Waals surface area contributed by atoms with Gasteiger partial charge < -0.3 is 10.6 Å². The summed E-state index contributed by atoms with van der Waals surface area (Å²) >= 11 is 0. The normalized spacial score (nSPS) is 12.5. The Morgan fingerprint density at radius 2 is 1.64 bits per heavy atom. The van der Waals surface area contributed by atoms with E-state index >= 15 is 0 Å². The molecule has 0 fully saturated rings. The van der Waals surface area contributed by atoms with E-state index in [-0.39, 0.29) is 17.9 Å². The van der Waals surface area contributed by atoms with E-state index in [1.54, 1.807) is 31.2 Å². The Morgan fingerprint density at radius 3 is 2.20 bits per heavy atom. The van der Waals surface area contributed by atoms with Gasteiger partial charge in [-0.05, 0) is 36.6 Å². The van der Waals surface area contributed by atoms with Crippen LogP contribution in [-0.2, 0) is 6.42 Å². The third-order valence-corrected chi connectivity index (χ3v) is 3.63. The van der Waals surface area contributed by atoms with Gasteiger partial charge in [-0.3, -0.25) is 0 Å². The van der Waals surface area contributed by atoms with Crippen molar-refractivity contribution < 1.29 is 22.4 Å². The van der Waals surface area contributed by atoms with Crippen LogP contribution in [0.15, 0.2) is 48.5 Å². The van der Waals surface area contributed by atoms with Gasteiger partial charge in [-0.1, -0.05) is 42.0 Å². The van der Waals surface area contributed by atoms with Crippen molar-refractivity contribution in [2.45, 2.75) is 25.6 Å². The van der Waals surface area contributed by atoms with E-state index in [1.165, 1.54) is 24.3 Å². The van der Waals surface area contributed by atoms with E-state index in [4.69, 9.17) is 0 Å². The first-order valence-corrected chi connectivity index (χ1v) is 7.68. The van der Waals surface area contributed by atoms with Crippen LogP contribution in [0.1, 0.15) is 22.7 Å². The third-order valence-electron chi connectivity index (χ3n) is 3.63. The molecule has 2 aromatic carbocycles. The summed E-state index contributed by atoms with van der Waals surface area (Å²) in [6, 6.07) is 8.48. The second-order valence-corrected chi connectivity index (χ2v) is 5.66. The number of rotatable bonds is 5. The van der Waals surface area contributed by atoms with E-state index in [1.807, 2.05) is 5.32 Å². The Morgan fingerprint density at radius 1 is 1.04 bits per heavy atom. The lowest BCUT2D eigenvalue weighted by Gasteiger charge is -2.22. The molecule has 2 rings (SSSR count). The fraction of sp³-hybridized carbons (Fsp3) is 0.278. The number of hydrogen-bond acceptors (Lipinski definition) is 1. The van der Waals surface area contributed by atoms with Crippen LogP contribution >= 0.6 is 0 Å². The van der Waals surface area contributed by atoms with E-state index in [0.29, 0.717) is 6.42 Å². The van der Waals surface area contributed by atoms with Gasteiger partial charge in [0.15, 0.2) is 6.04 Å². The maximum absolute atomic E-state index is 13.2. The third kappa shape index (κ3) is 5.77. The summed E-state index contributed by atoms with van der Waals surface area (Å²) in [6.45, 7) is 1.90. The summed E-state index contributed by atoms with van der Waals surface area (Å²) in [7, 11) is 0. The summed E-state index contributed by atoms with van der Waals surface area (Å²) in [6.07, 6.45) is -4.22. The minimum absolute atomic E-state index is 0.0354. The summed E-state index contributed by atoms with van der Waals surface area (Å²) in [5.74, 6) is -0.374. The topological polar surface area (TPSA) is 41.1 Å². The molecule has 0 spiro atoms. The number of urea groups is 1.